The van der Waals surface area contributed by atoms with Crippen molar-refractivity contribution in [1.29, 1.82) is 0 Å². The number of aryl methyl sites for hydroxylation is 1. The molecule has 0 radical (unpaired) electrons. The predicted molar refractivity (Wildman–Crippen MR) is 77.1 cm³/mol. The maximum Gasteiger partial charge on any atom is 0.216 e. The molecule has 1 aromatic heterocycles. The number of nitrogens with one attached hydrogen (secondary N) is 1. The average Bonchev–Trinajstić information content (AvgIpc) is 2.39. The highest BCUT2D eigenvalue weighted by molar-refractivity contribution is 7.88. The van der Waals surface area contributed by atoms with Crippen molar-refractivity contribution in [3.63, 3.8) is 0 Å². The molecular formula is C13H16N4O2S. The number of nitrogens with two attached hydrogens (primary N) is 1. The van der Waals surface area contributed by atoms with Crippen molar-refractivity contribution in [3.8, 4) is 0 Å². The molecule has 0 atom stereocenters. The summed E-state index contributed by atoms with van der Waals surface area (Å²) in [6.45, 7) is 1.89. The molecule has 0 aliphatic rings. The minimum atomic E-state index is -3.46. The van der Waals surface area contributed by atoms with Gasteiger partial charge in [-0.15, -0.1) is 0 Å². The summed E-state index contributed by atoms with van der Waals surface area (Å²) >= 11 is 0. The van der Waals surface area contributed by atoms with E-state index in [-0.39, 0.29) is 12.3 Å². The molecule has 3 N–H and O–H groups in total. The lowest BCUT2D eigenvalue weighted by Gasteiger charge is -2.08. The lowest BCUT2D eigenvalue weighted by atomic mass is 10.2. The Labute approximate surface area is 118 Å². The van der Waals surface area contributed by atoms with Gasteiger partial charge in [0.1, 0.15) is 5.82 Å². The van der Waals surface area contributed by atoms with E-state index in [1.165, 1.54) is 0 Å². The first kappa shape index (κ1) is 14.4. The Bertz CT molecular complexity index is 701. The van der Waals surface area contributed by atoms with Crippen LogP contribution in [0.5, 0.6) is 0 Å². The second-order valence-electron chi connectivity index (χ2n) is 4.37. The van der Waals surface area contributed by atoms with E-state index in [9.17, 15) is 8.42 Å². The molecule has 0 bridgehead atoms. The molecule has 106 valence electrons. The number of rotatable bonds is 5. The van der Waals surface area contributed by atoms with Crippen LogP contribution < -0.4 is 10.5 Å². The number of nitrogens with zero attached hydrogens (tertiary/aromatic N) is 2. The van der Waals surface area contributed by atoms with Crippen LogP contribution in [0.15, 0.2) is 36.5 Å². The van der Waals surface area contributed by atoms with Gasteiger partial charge in [-0.25, -0.2) is 23.1 Å². The zero-order chi connectivity index (χ0) is 14.6. The molecule has 0 fully saturated rings. The lowest BCUT2D eigenvalue weighted by molar-refractivity contribution is 0.579. The molecule has 0 saturated carbocycles. The molecule has 0 amide bonds. The summed E-state index contributed by atoms with van der Waals surface area (Å²) < 4.78 is 26.5. The second-order valence-corrected chi connectivity index (χ2v) is 6.18. The number of nitrogen functional groups attached to an aromatic ring is 1. The average molecular weight is 292 g/mol. The van der Waals surface area contributed by atoms with Gasteiger partial charge >= 0.3 is 0 Å². The van der Waals surface area contributed by atoms with E-state index in [0.29, 0.717) is 22.8 Å². The zero-order valence-corrected chi connectivity index (χ0v) is 11.9. The number of aromatic nitrogens is 2. The number of benzene rings is 1. The van der Waals surface area contributed by atoms with Gasteiger partial charge in [-0.2, -0.15) is 0 Å². The molecule has 6 nitrogen and oxygen atoms in total. The molecule has 20 heavy (non-hydrogen) atoms. The Morgan fingerprint density at radius 3 is 2.70 bits per heavy atom. The number of sulfonamides is 1. The summed E-state index contributed by atoms with van der Waals surface area (Å²) in [5.41, 5.74) is 7.42. The van der Waals surface area contributed by atoms with Crippen molar-refractivity contribution >= 4 is 15.7 Å². The third kappa shape index (κ3) is 4.01. The van der Waals surface area contributed by atoms with Crippen LogP contribution in [0.3, 0.4) is 0 Å². The predicted octanol–water partition coefficient (Wildman–Crippen LogP) is 0.987. The van der Waals surface area contributed by atoms with Crippen LogP contribution in [0.25, 0.3) is 0 Å². The Hall–Kier alpha value is -1.99. The molecule has 1 heterocycles. The summed E-state index contributed by atoms with van der Waals surface area (Å²) in [5.74, 6) is 0.456. The van der Waals surface area contributed by atoms with Crippen LogP contribution in [-0.2, 0) is 22.3 Å². The van der Waals surface area contributed by atoms with Crippen molar-refractivity contribution < 1.29 is 8.42 Å². The molecule has 1 aromatic carbocycles. The summed E-state index contributed by atoms with van der Waals surface area (Å²) in [6, 6.07) is 8.58. The maximum atomic E-state index is 12.0. The number of anilines is 1. The number of para-hydroxylation sites is 1. The van der Waals surface area contributed by atoms with Crippen LogP contribution >= 0.6 is 0 Å². The number of hydrogen-bond donors (Lipinski definition) is 2. The lowest BCUT2D eigenvalue weighted by Crippen LogP contribution is -2.25. The highest BCUT2D eigenvalue weighted by atomic mass is 32.2. The molecule has 0 aliphatic carbocycles. The molecule has 2 aromatic rings. The van der Waals surface area contributed by atoms with Crippen molar-refractivity contribution in [3.05, 3.63) is 53.6 Å². The monoisotopic (exact) mass is 292 g/mol. The van der Waals surface area contributed by atoms with Gasteiger partial charge in [0.2, 0.25) is 10.0 Å². The highest BCUT2D eigenvalue weighted by Crippen LogP contribution is 2.13. The van der Waals surface area contributed by atoms with Crippen molar-refractivity contribution in [2.75, 3.05) is 5.73 Å². The molecule has 2 rings (SSSR count). The zero-order valence-electron chi connectivity index (χ0n) is 11.1. The fourth-order valence-electron chi connectivity index (χ4n) is 1.71. The van der Waals surface area contributed by atoms with Crippen LogP contribution in [0.1, 0.15) is 17.1 Å². The van der Waals surface area contributed by atoms with E-state index in [4.69, 9.17) is 5.73 Å². The van der Waals surface area contributed by atoms with Crippen molar-refractivity contribution in [2.24, 2.45) is 0 Å². The minimum absolute atomic E-state index is 0.137. The first-order valence-corrected chi connectivity index (χ1v) is 7.71. The van der Waals surface area contributed by atoms with E-state index in [0.717, 1.165) is 0 Å². The topological polar surface area (TPSA) is 98.0 Å². The molecule has 0 aliphatic heterocycles. The van der Waals surface area contributed by atoms with E-state index in [1.807, 2.05) is 0 Å². The normalized spacial score (nSPS) is 11.4. The summed E-state index contributed by atoms with van der Waals surface area (Å²) in [7, 11) is -3.46. The van der Waals surface area contributed by atoms with Gasteiger partial charge in [0.25, 0.3) is 0 Å². The SMILES string of the molecule is Cc1nccc(CNS(=O)(=O)Cc2ccccc2N)n1. The highest BCUT2D eigenvalue weighted by Gasteiger charge is 2.13. The molecular weight excluding hydrogens is 276 g/mol. The Morgan fingerprint density at radius 2 is 2.00 bits per heavy atom. The summed E-state index contributed by atoms with van der Waals surface area (Å²) in [4.78, 5) is 8.10. The standard InChI is InChI=1S/C13H16N4O2S/c1-10-15-7-6-12(17-10)8-16-20(18,19)9-11-4-2-3-5-13(11)14/h2-7,16H,8-9,14H2,1H3. The maximum absolute atomic E-state index is 12.0. The fourth-order valence-corrected chi connectivity index (χ4v) is 2.85. The van der Waals surface area contributed by atoms with Crippen molar-refractivity contribution in [2.45, 2.75) is 19.2 Å². The van der Waals surface area contributed by atoms with Gasteiger partial charge in [-0.3, -0.25) is 0 Å². The largest absolute Gasteiger partial charge is 0.398 e. The molecule has 0 unspecified atom stereocenters. The van der Waals surface area contributed by atoms with Gasteiger partial charge in [-0.05, 0) is 24.6 Å². The van der Waals surface area contributed by atoms with Gasteiger partial charge in [0.15, 0.2) is 0 Å². The van der Waals surface area contributed by atoms with E-state index < -0.39 is 10.0 Å². The third-order valence-electron chi connectivity index (χ3n) is 2.71. The van der Waals surface area contributed by atoms with E-state index >= 15 is 0 Å². The van der Waals surface area contributed by atoms with Crippen molar-refractivity contribution in [1.82, 2.24) is 14.7 Å². The van der Waals surface area contributed by atoms with Gasteiger partial charge in [0.05, 0.1) is 18.0 Å². The first-order valence-electron chi connectivity index (χ1n) is 6.05. The van der Waals surface area contributed by atoms with Crippen LogP contribution in [0.2, 0.25) is 0 Å². The fraction of sp³-hybridized carbons (Fsp3) is 0.231. The Balaban J connectivity index is 2.03. The van der Waals surface area contributed by atoms with E-state index in [1.54, 1.807) is 43.5 Å². The molecule has 0 spiro atoms. The van der Waals surface area contributed by atoms with Crippen LogP contribution in [0.4, 0.5) is 5.69 Å². The Morgan fingerprint density at radius 1 is 1.25 bits per heavy atom. The Kier molecular flexibility index (Phi) is 4.31. The van der Waals surface area contributed by atoms with E-state index in [2.05, 4.69) is 14.7 Å². The minimum Gasteiger partial charge on any atom is -0.398 e. The summed E-state index contributed by atoms with van der Waals surface area (Å²) in [6.07, 6.45) is 1.60. The van der Waals surface area contributed by atoms with Crippen LogP contribution in [-0.4, -0.2) is 18.4 Å². The molecule has 7 heteroatoms. The molecule has 0 saturated heterocycles. The quantitative estimate of drug-likeness (QED) is 0.801. The first-order chi connectivity index (χ1) is 9.46. The summed E-state index contributed by atoms with van der Waals surface area (Å²) in [5, 5.41) is 0. The van der Waals surface area contributed by atoms with Gasteiger partial charge in [0, 0.05) is 11.9 Å². The van der Waals surface area contributed by atoms with Gasteiger partial charge < -0.3 is 5.73 Å². The van der Waals surface area contributed by atoms with Crippen LogP contribution in [0, 0.1) is 6.92 Å². The number of hydrogen-bond acceptors (Lipinski definition) is 5. The second kappa shape index (κ2) is 5.98. The van der Waals surface area contributed by atoms with Gasteiger partial charge in [-0.1, -0.05) is 18.2 Å². The third-order valence-corrected chi connectivity index (χ3v) is 3.98. The smallest absolute Gasteiger partial charge is 0.216 e.